The van der Waals surface area contributed by atoms with Gasteiger partial charge < -0.3 is 15.5 Å². The molecule has 0 bridgehead atoms. The van der Waals surface area contributed by atoms with Gasteiger partial charge in [0.2, 0.25) is 0 Å². The quantitative estimate of drug-likeness (QED) is 0.822. The number of rotatable bonds is 6. The molecule has 0 aliphatic carbocycles. The summed E-state index contributed by atoms with van der Waals surface area (Å²) in [5, 5.41) is 6.12. The van der Waals surface area contributed by atoms with Gasteiger partial charge in [0.25, 0.3) is 0 Å². The van der Waals surface area contributed by atoms with Crippen LogP contribution < -0.4 is 15.5 Å². The molecule has 2 N–H and O–H groups in total. The van der Waals surface area contributed by atoms with Gasteiger partial charge in [-0.05, 0) is 63.2 Å². The first-order chi connectivity index (χ1) is 12.6. The second-order valence-corrected chi connectivity index (χ2v) is 8.09. The smallest absolute Gasteiger partial charge is 0.314 e. The number of hydrogen-bond acceptors (Lipinski definition) is 3. The number of hydrogen-bond donors (Lipinski definition) is 2. The fraction of sp³-hybridized carbons (Fsp3) is 0.667. The number of carbonyl (C=O) groups is 1. The molecule has 0 aromatic heterocycles. The largest absolute Gasteiger partial charge is 0.371 e. The van der Waals surface area contributed by atoms with Crippen molar-refractivity contribution in [3.63, 3.8) is 0 Å². The molecule has 0 spiro atoms. The van der Waals surface area contributed by atoms with Crippen molar-refractivity contribution in [3.05, 3.63) is 30.3 Å². The van der Waals surface area contributed by atoms with Crippen molar-refractivity contribution in [3.8, 4) is 0 Å². The number of piperidine rings is 1. The number of urea groups is 1. The predicted octanol–water partition coefficient (Wildman–Crippen LogP) is 2.93. The van der Waals surface area contributed by atoms with Crippen molar-refractivity contribution in [2.75, 3.05) is 44.2 Å². The summed E-state index contributed by atoms with van der Waals surface area (Å²) in [6.07, 6.45) is 3.68. The average Bonchev–Trinajstić information content (AvgIpc) is 3.15. The highest BCUT2D eigenvalue weighted by Gasteiger charge is 2.23. The summed E-state index contributed by atoms with van der Waals surface area (Å²) < 4.78 is 0. The molecule has 1 aromatic carbocycles. The maximum absolute atomic E-state index is 12.1. The summed E-state index contributed by atoms with van der Waals surface area (Å²) >= 11 is 0. The highest BCUT2D eigenvalue weighted by molar-refractivity contribution is 5.73. The fourth-order valence-corrected chi connectivity index (χ4v) is 4.01. The van der Waals surface area contributed by atoms with Gasteiger partial charge in [0.1, 0.15) is 0 Å². The van der Waals surface area contributed by atoms with Crippen molar-refractivity contribution < 1.29 is 4.79 Å². The Hall–Kier alpha value is -1.75. The first-order valence-corrected chi connectivity index (χ1v) is 10.2. The molecule has 144 valence electrons. The Morgan fingerprint density at radius 1 is 1.12 bits per heavy atom. The Labute approximate surface area is 158 Å². The number of amides is 2. The Morgan fingerprint density at radius 3 is 2.58 bits per heavy atom. The lowest BCUT2D eigenvalue weighted by atomic mass is 9.98. The maximum Gasteiger partial charge on any atom is 0.314 e. The molecule has 1 aromatic rings. The maximum atomic E-state index is 12.1. The Morgan fingerprint density at radius 2 is 1.85 bits per heavy atom. The van der Waals surface area contributed by atoms with Gasteiger partial charge in [-0.1, -0.05) is 25.1 Å². The van der Waals surface area contributed by atoms with Crippen LogP contribution in [0.1, 0.15) is 33.1 Å². The van der Waals surface area contributed by atoms with Crippen LogP contribution in [0.25, 0.3) is 0 Å². The Kier molecular flexibility index (Phi) is 6.78. The minimum atomic E-state index is -0.0274. The number of likely N-dealkylation sites (tertiary alicyclic amines) is 1. The van der Waals surface area contributed by atoms with Crippen LogP contribution in [0.5, 0.6) is 0 Å². The van der Waals surface area contributed by atoms with Crippen LogP contribution in [0.3, 0.4) is 0 Å². The molecule has 0 unspecified atom stereocenters. The van der Waals surface area contributed by atoms with Crippen LogP contribution in [0, 0.1) is 11.8 Å². The van der Waals surface area contributed by atoms with Gasteiger partial charge in [0, 0.05) is 37.9 Å². The van der Waals surface area contributed by atoms with Crippen LogP contribution in [0.15, 0.2) is 30.3 Å². The molecule has 2 atom stereocenters. The van der Waals surface area contributed by atoms with Crippen molar-refractivity contribution in [1.29, 1.82) is 0 Å². The molecule has 2 heterocycles. The first kappa shape index (κ1) is 19.0. The number of benzene rings is 1. The molecular weight excluding hydrogens is 324 g/mol. The van der Waals surface area contributed by atoms with Gasteiger partial charge in [-0.2, -0.15) is 0 Å². The van der Waals surface area contributed by atoms with E-state index in [1.54, 1.807) is 0 Å². The lowest BCUT2D eigenvalue weighted by Gasteiger charge is -2.35. The standard InChI is InChI=1S/C21H34N4O/c1-17-8-11-24(12-9-17)18(2)14-22-21(26)23-15-19-10-13-25(16-19)20-6-4-3-5-7-20/h3-7,17-19H,8-16H2,1-2H3,(H2,22,23,26)/t18-,19+/m1/s1. The molecule has 2 fully saturated rings. The van der Waals surface area contributed by atoms with E-state index in [1.165, 1.54) is 18.5 Å². The van der Waals surface area contributed by atoms with Gasteiger partial charge in [-0.15, -0.1) is 0 Å². The molecule has 3 rings (SSSR count). The summed E-state index contributed by atoms with van der Waals surface area (Å²) in [6.45, 7) is 10.4. The topological polar surface area (TPSA) is 47.6 Å². The van der Waals surface area contributed by atoms with E-state index in [1.807, 2.05) is 0 Å². The highest BCUT2D eigenvalue weighted by atomic mass is 16.2. The lowest BCUT2D eigenvalue weighted by molar-refractivity contribution is 0.145. The van der Waals surface area contributed by atoms with Crippen LogP contribution >= 0.6 is 0 Å². The lowest BCUT2D eigenvalue weighted by Crippen LogP contribution is -2.48. The number of para-hydroxylation sites is 1. The van der Waals surface area contributed by atoms with E-state index in [4.69, 9.17) is 0 Å². The third-order valence-corrected chi connectivity index (χ3v) is 5.96. The van der Waals surface area contributed by atoms with Crippen LogP contribution in [0.2, 0.25) is 0 Å². The molecule has 0 radical (unpaired) electrons. The first-order valence-electron chi connectivity index (χ1n) is 10.2. The molecule has 5 nitrogen and oxygen atoms in total. The van der Waals surface area contributed by atoms with Crippen molar-refractivity contribution in [2.45, 2.75) is 39.2 Å². The van der Waals surface area contributed by atoms with E-state index in [2.05, 4.69) is 64.6 Å². The molecule has 2 aliphatic heterocycles. The van der Waals surface area contributed by atoms with E-state index < -0.39 is 0 Å². The number of nitrogens with one attached hydrogen (secondary N) is 2. The second-order valence-electron chi connectivity index (χ2n) is 8.09. The van der Waals surface area contributed by atoms with Crippen LogP contribution in [-0.4, -0.2) is 56.2 Å². The minimum Gasteiger partial charge on any atom is -0.371 e. The summed E-state index contributed by atoms with van der Waals surface area (Å²) in [5.41, 5.74) is 1.28. The van der Waals surface area contributed by atoms with E-state index >= 15 is 0 Å². The Bertz CT molecular complexity index is 556. The molecular formula is C21H34N4O. The molecule has 2 amide bonds. The number of anilines is 1. The number of nitrogens with zero attached hydrogens (tertiary/aromatic N) is 2. The third kappa shape index (κ3) is 5.37. The zero-order valence-corrected chi connectivity index (χ0v) is 16.3. The number of carbonyl (C=O) groups excluding carboxylic acids is 1. The Balaban J connectivity index is 1.32. The van der Waals surface area contributed by atoms with Crippen molar-refractivity contribution in [1.82, 2.24) is 15.5 Å². The van der Waals surface area contributed by atoms with Gasteiger partial charge in [0.15, 0.2) is 0 Å². The van der Waals surface area contributed by atoms with E-state index in [-0.39, 0.29) is 6.03 Å². The van der Waals surface area contributed by atoms with Crippen molar-refractivity contribution >= 4 is 11.7 Å². The monoisotopic (exact) mass is 358 g/mol. The molecule has 5 heteroatoms. The predicted molar refractivity (Wildman–Crippen MR) is 108 cm³/mol. The minimum absolute atomic E-state index is 0.0274. The van der Waals surface area contributed by atoms with Crippen LogP contribution in [0.4, 0.5) is 10.5 Å². The SMILES string of the molecule is CC1CCN([C@H](C)CNC(=O)NC[C@@H]2CCN(c3ccccc3)C2)CC1. The molecule has 2 saturated heterocycles. The van der Waals surface area contributed by atoms with Gasteiger partial charge in [0.05, 0.1) is 0 Å². The van der Waals surface area contributed by atoms with Crippen LogP contribution in [-0.2, 0) is 0 Å². The van der Waals surface area contributed by atoms with Gasteiger partial charge in [-0.25, -0.2) is 4.79 Å². The van der Waals surface area contributed by atoms with Crippen molar-refractivity contribution in [2.24, 2.45) is 11.8 Å². The normalized spacial score (nSPS) is 23.0. The fourth-order valence-electron chi connectivity index (χ4n) is 4.01. The third-order valence-electron chi connectivity index (χ3n) is 5.96. The van der Waals surface area contributed by atoms with E-state index in [0.717, 1.165) is 51.6 Å². The summed E-state index contributed by atoms with van der Waals surface area (Å²) in [6, 6.07) is 10.9. The van der Waals surface area contributed by atoms with Gasteiger partial charge in [-0.3, -0.25) is 4.90 Å². The zero-order valence-electron chi connectivity index (χ0n) is 16.3. The zero-order chi connectivity index (χ0) is 18.4. The second kappa shape index (κ2) is 9.26. The summed E-state index contributed by atoms with van der Waals surface area (Å²) in [7, 11) is 0. The molecule has 2 aliphatic rings. The summed E-state index contributed by atoms with van der Waals surface area (Å²) in [5.74, 6) is 1.37. The van der Waals surface area contributed by atoms with E-state index in [9.17, 15) is 4.79 Å². The highest BCUT2D eigenvalue weighted by Crippen LogP contribution is 2.23. The molecule has 26 heavy (non-hydrogen) atoms. The average molecular weight is 359 g/mol. The van der Waals surface area contributed by atoms with E-state index in [0.29, 0.717) is 12.0 Å². The summed E-state index contributed by atoms with van der Waals surface area (Å²) in [4.78, 5) is 17.0. The molecule has 0 saturated carbocycles. The van der Waals surface area contributed by atoms with Gasteiger partial charge >= 0.3 is 6.03 Å².